The molecule has 17 heavy (non-hydrogen) atoms. The van der Waals surface area contributed by atoms with Crippen molar-refractivity contribution in [3.63, 3.8) is 0 Å². The lowest BCUT2D eigenvalue weighted by atomic mass is 10.1. The number of amides is 1. The van der Waals surface area contributed by atoms with Gasteiger partial charge in [0.15, 0.2) is 0 Å². The standard InChI is InChI=1S/C12H17NO4/c1-3-5-9(12(15)16)13-11(14)8-6-7-17-10(8)4-2/h6-7,9H,3-5H2,1-2H3,(H,13,14)(H,15,16)/t9-/m1/s1. The summed E-state index contributed by atoms with van der Waals surface area (Å²) in [5.41, 5.74) is 0.412. The Balaban J connectivity index is 2.73. The predicted molar refractivity (Wildman–Crippen MR) is 61.9 cm³/mol. The molecule has 0 spiro atoms. The van der Waals surface area contributed by atoms with Crippen LogP contribution in [0.4, 0.5) is 0 Å². The van der Waals surface area contributed by atoms with Crippen LogP contribution >= 0.6 is 0 Å². The summed E-state index contributed by atoms with van der Waals surface area (Å²) >= 11 is 0. The van der Waals surface area contributed by atoms with Gasteiger partial charge in [0, 0.05) is 6.42 Å². The number of carbonyl (C=O) groups excluding carboxylic acids is 1. The third-order valence-electron chi connectivity index (χ3n) is 2.49. The molecule has 1 heterocycles. The summed E-state index contributed by atoms with van der Waals surface area (Å²) in [4.78, 5) is 22.8. The number of rotatable bonds is 6. The average Bonchev–Trinajstić information content (AvgIpc) is 2.76. The first-order valence-electron chi connectivity index (χ1n) is 5.70. The largest absolute Gasteiger partial charge is 0.480 e. The zero-order chi connectivity index (χ0) is 12.8. The van der Waals surface area contributed by atoms with Crippen molar-refractivity contribution in [3.05, 3.63) is 23.7 Å². The van der Waals surface area contributed by atoms with Gasteiger partial charge in [-0.15, -0.1) is 0 Å². The van der Waals surface area contributed by atoms with Crippen LogP contribution in [0, 0.1) is 0 Å². The number of aryl methyl sites for hydroxylation is 1. The van der Waals surface area contributed by atoms with Gasteiger partial charge in [0.05, 0.1) is 11.8 Å². The van der Waals surface area contributed by atoms with E-state index in [0.29, 0.717) is 30.6 Å². The van der Waals surface area contributed by atoms with Crippen molar-refractivity contribution in [1.29, 1.82) is 0 Å². The first-order valence-corrected chi connectivity index (χ1v) is 5.70. The number of carboxylic acid groups (broad SMARTS) is 1. The molecule has 5 heteroatoms. The highest BCUT2D eigenvalue weighted by Gasteiger charge is 2.21. The molecule has 1 atom stereocenters. The summed E-state index contributed by atoms with van der Waals surface area (Å²) in [6, 6.07) is 0.714. The van der Waals surface area contributed by atoms with E-state index in [0.717, 1.165) is 0 Å². The number of carboxylic acids is 1. The molecule has 94 valence electrons. The molecule has 0 aromatic carbocycles. The summed E-state index contributed by atoms with van der Waals surface area (Å²) in [6.45, 7) is 3.74. The fraction of sp³-hybridized carbons (Fsp3) is 0.500. The fourth-order valence-corrected chi connectivity index (χ4v) is 1.60. The second-order valence-corrected chi connectivity index (χ2v) is 3.76. The molecule has 5 nitrogen and oxygen atoms in total. The number of hydrogen-bond donors (Lipinski definition) is 2. The molecule has 0 saturated carbocycles. The van der Waals surface area contributed by atoms with Crippen LogP contribution in [0.3, 0.4) is 0 Å². The number of furan rings is 1. The van der Waals surface area contributed by atoms with E-state index in [4.69, 9.17) is 9.52 Å². The minimum absolute atomic E-state index is 0.392. The van der Waals surface area contributed by atoms with Crippen LogP contribution in [0.2, 0.25) is 0 Å². The van der Waals surface area contributed by atoms with Gasteiger partial charge in [-0.25, -0.2) is 4.79 Å². The smallest absolute Gasteiger partial charge is 0.326 e. The molecule has 0 saturated heterocycles. The first kappa shape index (κ1) is 13.3. The number of nitrogens with one attached hydrogen (secondary N) is 1. The lowest BCUT2D eigenvalue weighted by Crippen LogP contribution is -2.40. The van der Waals surface area contributed by atoms with Crippen LogP contribution in [-0.2, 0) is 11.2 Å². The summed E-state index contributed by atoms with van der Waals surface area (Å²) in [5, 5.41) is 11.4. The Morgan fingerprint density at radius 3 is 2.71 bits per heavy atom. The van der Waals surface area contributed by atoms with Gasteiger partial charge in [-0.3, -0.25) is 4.79 Å². The molecular weight excluding hydrogens is 222 g/mol. The van der Waals surface area contributed by atoms with Gasteiger partial charge in [0.25, 0.3) is 5.91 Å². The Labute approximate surface area is 99.8 Å². The van der Waals surface area contributed by atoms with Crippen molar-refractivity contribution in [2.45, 2.75) is 39.2 Å². The maximum Gasteiger partial charge on any atom is 0.326 e. The van der Waals surface area contributed by atoms with Crippen molar-refractivity contribution in [2.75, 3.05) is 0 Å². The molecule has 0 aliphatic rings. The van der Waals surface area contributed by atoms with Gasteiger partial charge in [-0.1, -0.05) is 20.3 Å². The van der Waals surface area contributed by atoms with Crippen molar-refractivity contribution in [3.8, 4) is 0 Å². The molecule has 1 amide bonds. The zero-order valence-corrected chi connectivity index (χ0v) is 10.0. The molecule has 0 unspecified atom stereocenters. The Morgan fingerprint density at radius 1 is 1.47 bits per heavy atom. The molecule has 0 aliphatic carbocycles. The molecule has 1 rings (SSSR count). The fourth-order valence-electron chi connectivity index (χ4n) is 1.60. The number of aliphatic carboxylic acids is 1. The quantitative estimate of drug-likeness (QED) is 0.793. The molecule has 0 fully saturated rings. The van der Waals surface area contributed by atoms with Gasteiger partial charge in [-0.2, -0.15) is 0 Å². The molecule has 1 aromatic heterocycles. The molecule has 2 N–H and O–H groups in total. The van der Waals surface area contributed by atoms with Crippen molar-refractivity contribution in [1.82, 2.24) is 5.32 Å². The number of hydrogen-bond acceptors (Lipinski definition) is 3. The highest BCUT2D eigenvalue weighted by Crippen LogP contribution is 2.11. The van der Waals surface area contributed by atoms with Gasteiger partial charge in [-0.05, 0) is 12.5 Å². The third-order valence-corrected chi connectivity index (χ3v) is 2.49. The Hall–Kier alpha value is -1.78. The zero-order valence-electron chi connectivity index (χ0n) is 10.0. The lowest BCUT2D eigenvalue weighted by molar-refractivity contribution is -0.139. The third kappa shape index (κ3) is 3.34. The van der Waals surface area contributed by atoms with Gasteiger partial charge in [0.2, 0.25) is 0 Å². The average molecular weight is 239 g/mol. The molecule has 1 aromatic rings. The van der Waals surface area contributed by atoms with E-state index in [-0.39, 0.29) is 0 Å². The van der Waals surface area contributed by atoms with E-state index in [1.807, 2.05) is 13.8 Å². The van der Waals surface area contributed by atoms with Crippen LogP contribution in [0.15, 0.2) is 16.7 Å². The first-order chi connectivity index (χ1) is 8.10. The van der Waals surface area contributed by atoms with E-state index in [1.165, 1.54) is 6.26 Å². The maximum atomic E-state index is 11.8. The van der Waals surface area contributed by atoms with Gasteiger partial charge in [0.1, 0.15) is 11.8 Å². The second-order valence-electron chi connectivity index (χ2n) is 3.76. The Bertz CT molecular complexity index is 397. The summed E-state index contributed by atoms with van der Waals surface area (Å²) in [6.07, 6.45) is 3.15. The summed E-state index contributed by atoms with van der Waals surface area (Å²) in [7, 11) is 0. The van der Waals surface area contributed by atoms with E-state index in [9.17, 15) is 9.59 Å². The Kier molecular flexibility index (Phi) is 4.75. The van der Waals surface area contributed by atoms with Crippen molar-refractivity contribution < 1.29 is 19.1 Å². The van der Waals surface area contributed by atoms with E-state index >= 15 is 0 Å². The second kappa shape index (κ2) is 6.08. The predicted octanol–water partition coefficient (Wildman–Crippen LogP) is 1.83. The maximum absolute atomic E-state index is 11.8. The molecule has 0 aliphatic heterocycles. The SMILES string of the molecule is CCC[C@@H](NC(=O)c1ccoc1CC)C(=O)O. The molecular formula is C12H17NO4. The van der Waals surface area contributed by atoms with Crippen molar-refractivity contribution >= 4 is 11.9 Å². The van der Waals surface area contributed by atoms with Crippen LogP contribution in [0.1, 0.15) is 42.8 Å². The van der Waals surface area contributed by atoms with Crippen molar-refractivity contribution in [2.24, 2.45) is 0 Å². The van der Waals surface area contributed by atoms with E-state index in [2.05, 4.69) is 5.32 Å². The van der Waals surface area contributed by atoms with E-state index in [1.54, 1.807) is 6.07 Å². The van der Waals surface area contributed by atoms with Crippen LogP contribution in [0.5, 0.6) is 0 Å². The molecule has 0 bridgehead atoms. The van der Waals surface area contributed by atoms with Crippen LogP contribution in [0.25, 0.3) is 0 Å². The summed E-state index contributed by atoms with van der Waals surface area (Å²) < 4.78 is 5.13. The van der Waals surface area contributed by atoms with Crippen LogP contribution < -0.4 is 5.32 Å². The highest BCUT2D eigenvalue weighted by molar-refractivity contribution is 5.97. The topological polar surface area (TPSA) is 79.5 Å². The minimum atomic E-state index is -1.01. The van der Waals surface area contributed by atoms with Crippen LogP contribution in [-0.4, -0.2) is 23.0 Å². The highest BCUT2D eigenvalue weighted by atomic mass is 16.4. The Morgan fingerprint density at radius 2 is 2.18 bits per heavy atom. The van der Waals surface area contributed by atoms with Gasteiger partial charge >= 0.3 is 5.97 Å². The number of carbonyl (C=O) groups is 2. The summed E-state index contributed by atoms with van der Waals surface area (Å²) in [5.74, 6) is -0.832. The van der Waals surface area contributed by atoms with Gasteiger partial charge < -0.3 is 14.8 Å². The lowest BCUT2D eigenvalue weighted by Gasteiger charge is -2.13. The minimum Gasteiger partial charge on any atom is -0.480 e. The van der Waals surface area contributed by atoms with E-state index < -0.39 is 17.9 Å². The normalized spacial score (nSPS) is 12.1. The monoisotopic (exact) mass is 239 g/mol. The molecule has 0 radical (unpaired) electrons.